The van der Waals surface area contributed by atoms with Crippen LogP contribution in [0.2, 0.25) is 0 Å². The van der Waals surface area contributed by atoms with Crippen molar-refractivity contribution in [3.8, 4) is 0 Å². The zero-order valence-electron chi connectivity index (χ0n) is 17.6. The number of carbonyl (C=O) groups excluding carboxylic acids is 1. The highest BCUT2D eigenvalue weighted by molar-refractivity contribution is 5.87. The second-order valence-corrected chi connectivity index (χ2v) is 7.84. The number of aromatic amines is 1. The van der Waals surface area contributed by atoms with Crippen molar-refractivity contribution >= 4 is 40.1 Å². The molecule has 4 aromatic rings. The number of likely N-dealkylation sites (tertiary alicyclic amines) is 1. The number of benzene rings is 2. The van der Waals surface area contributed by atoms with Gasteiger partial charge in [0.05, 0.1) is 23.1 Å². The summed E-state index contributed by atoms with van der Waals surface area (Å²) in [6.07, 6.45) is 6.59. The SMILES string of the molecule is Nc1cccc2nc(N(c3ccc(CCC(=O)N4CCCC4)cc3)c3ncn[nH]3)cnc12. The molecule has 0 saturated carbocycles. The third-order valence-corrected chi connectivity index (χ3v) is 5.71. The summed E-state index contributed by atoms with van der Waals surface area (Å²) in [5.74, 6) is 1.36. The lowest BCUT2D eigenvalue weighted by molar-refractivity contribution is -0.130. The summed E-state index contributed by atoms with van der Waals surface area (Å²) >= 11 is 0. The largest absolute Gasteiger partial charge is 0.397 e. The van der Waals surface area contributed by atoms with E-state index in [4.69, 9.17) is 10.7 Å². The van der Waals surface area contributed by atoms with Crippen LogP contribution in [0, 0.1) is 0 Å². The van der Waals surface area contributed by atoms with Crippen LogP contribution in [-0.2, 0) is 11.2 Å². The van der Waals surface area contributed by atoms with Crippen molar-refractivity contribution in [3.63, 3.8) is 0 Å². The zero-order chi connectivity index (χ0) is 21.9. The van der Waals surface area contributed by atoms with Crippen molar-refractivity contribution in [2.45, 2.75) is 25.7 Å². The quantitative estimate of drug-likeness (QED) is 0.452. The van der Waals surface area contributed by atoms with E-state index in [1.807, 2.05) is 46.2 Å². The summed E-state index contributed by atoms with van der Waals surface area (Å²) in [4.78, 5) is 29.7. The number of fused-ring (bicyclic) bond motifs is 1. The van der Waals surface area contributed by atoms with E-state index < -0.39 is 0 Å². The molecule has 32 heavy (non-hydrogen) atoms. The summed E-state index contributed by atoms with van der Waals surface area (Å²) < 4.78 is 0. The Morgan fingerprint density at radius 2 is 1.91 bits per heavy atom. The Morgan fingerprint density at radius 3 is 2.66 bits per heavy atom. The predicted octanol–water partition coefficient (Wildman–Crippen LogP) is 3.35. The summed E-state index contributed by atoms with van der Waals surface area (Å²) in [6, 6.07) is 13.6. The molecular formula is C23H24N8O. The van der Waals surface area contributed by atoms with E-state index in [9.17, 15) is 4.79 Å². The number of aryl methyl sites for hydroxylation is 1. The fourth-order valence-corrected chi connectivity index (χ4v) is 4.02. The van der Waals surface area contributed by atoms with Crippen molar-refractivity contribution in [1.82, 2.24) is 30.0 Å². The fourth-order valence-electron chi connectivity index (χ4n) is 4.02. The molecule has 5 rings (SSSR count). The first kappa shape index (κ1) is 19.9. The number of rotatable bonds is 6. The van der Waals surface area contributed by atoms with E-state index in [1.165, 1.54) is 6.33 Å². The second kappa shape index (κ2) is 8.62. The number of aromatic nitrogens is 5. The predicted molar refractivity (Wildman–Crippen MR) is 123 cm³/mol. The average Bonchev–Trinajstić information content (AvgIpc) is 3.54. The van der Waals surface area contributed by atoms with Gasteiger partial charge in [-0.25, -0.2) is 15.1 Å². The van der Waals surface area contributed by atoms with Gasteiger partial charge in [-0.1, -0.05) is 18.2 Å². The molecule has 2 aromatic heterocycles. The molecule has 0 radical (unpaired) electrons. The molecule has 0 aliphatic carbocycles. The van der Waals surface area contributed by atoms with Crippen LogP contribution in [-0.4, -0.2) is 49.0 Å². The smallest absolute Gasteiger partial charge is 0.231 e. The Morgan fingerprint density at radius 1 is 1.09 bits per heavy atom. The number of para-hydroxylation sites is 1. The number of nitrogens with one attached hydrogen (secondary N) is 1. The Kier molecular flexibility index (Phi) is 5.37. The molecule has 1 aliphatic heterocycles. The van der Waals surface area contributed by atoms with Gasteiger partial charge in [0.25, 0.3) is 0 Å². The van der Waals surface area contributed by atoms with Gasteiger partial charge in [-0.2, -0.15) is 10.1 Å². The third kappa shape index (κ3) is 3.96. The number of nitrogens with two attached hydrogens (primary N) is 1. The van der Waals surface area contributed by atoms with Crippen LogP contribution in [0.15, 0.2) is 55.0 Å². The minimum absolute atomic E-state index is 0.237. The summed E-state index contributed by atoms with van der Waals surface area (Å²) in [7, 11) is 0. The standard InChI is InChI=1S/C23H24N8O/c24-18-4-3-5-19-22(18)25-14-20(28-19)31(23-26-15-27-29-23)17-9-6-16(7-10-17)8-11-21(32)30-12-1-2-13-30/h3-7,9-10,14-15H,1-2,8,11-13,24H2,(H,26,27,29). The molecule has 9 heteroatoms. The molecule has 162 valence electrons. The summed E-state index contributed by atoms with van der Waals surface area (Å²) in [5, 5.41) is 6.89. The van der Waals surface area contributed by atoms with Gasteiger partial charge in [0.15, 0.2) is 5.82 Å². The van der Waals surface area contributed by atoms with Gasteiger partial charge in [-0.15, -0.1) is 0 Å². The van der Waals surface area contributed by atoms with Crippen LogP contribution >= 0.6 is 0 Å². The number of amides is 1. The minimum Gasteiger partial charge on any atom is -0.397 e. The average molecular weight is 429 g/mol. The molecule has 3 heterocycles. The molecular weight excluding hydrogens is 404 g/mol. The first-order chi connectivity index (χ1) is 15.7. The van der Waals surface area contributed by atoms with Gasteiger partial charge in [-0.05, 0) is 49.1 Å². The van der Waals surface area contributed by atoms with Crippen molar-refractivity contribution in [3.05, 3.63) is 60.6 Å². The first-order valence-electron chi connectivity index (χ1n) is 10.7. The molecule has 0 spiro atoms. The number of nitrogens with zero attached hydrogens (tertiary/aromatic N) is 6. The Labute approximate surface area is 185 Å². The maximum atomic E-state index is 12.3. The normalized spacial score (nSPS) is 13.6. The van der Waals surface area contributed by atoms with E-state index in [1.54, 1.807) is 12.3 Å². The fraction of sp³-hybridized carbons (Fsp3) is 0.261. The lowest BCUT2D eigenvalue weighted by atomic mass is 10.1. The molecule has 1 amide bonds. The summed E-state index contributed by atoms with van der Waals surface area (Å²) in [6.45, 7) is 1.78. The van der Waals surface area contributed by atoms with Gasteiger partial charge in [0.1, 0.15) is 11.8 Å². The first-order valence-corrected chi connectivity index (χ1v) is 10.7. The number of hydrogen-bond acceptors (Lipinski definition) is 7. The summed E-state index contributed by atoms with van der Waals surface area (Å²) in [5.41, 5.74) is 9.93. The lowest BCUT2D eigenvalue weighted by Crippen LogP contribution is -2.27. The van der Waals surface area contributed by atoms with Crippen LogP contribution in [0.4, 0.5) is 23.1 Å². The van der Waals surface area contributed by atoms with Crippen molar-refractivity contribution < 1.29 is 4.79 Å². The number of hydrogen-bond donors (Lipinski definition) is 2. The zero-order valence-corrected chi connectivity index (χ0v) is 17.6. The molecule has 0 bridgehead atoms. The van der Waals surface area contributed by atoms with E-state index in [0.29, 0.717) is 41.3 Å². The minimum atomic E-state index is 0.237. The van der Waals surface area contributed by atoms with Gasteiger partial charge in [0.2, 0.25) is 11.9 Å². The molecule has 2 aromatic carbocycles. The molecule has 3 N–H and O–H groups in total. The Bertz CT molecular complexity index is 1220. The molecule has 1 saturated heterocycles. The Balaban J connectivity index is 1.40. The van der Waals surface area contributed by atoms with E-state index in [0.717, 1.165) is 37.2 Å². The van der Waals surface area contributed by atoms with Gasteiger partial charge in [0, 0.05) is 19.5 Å². The van der Waals surface area contributed by atoms with Gasteiger partial charge in [-0.3, -0.25) is 9.69 Å². The van der Waals surface area contributed by atoms with E-state index in [2.05, 4.69) is 20.2 Å². The third-order valence-electron chi connectivity index (χ3n) is 5.71. The van der Waals surface area contributed by atoms with Crippen molar-refractivity contribution in [1.29, 1.82) is 0 Å². The second-order valence-electron chi connectivity index (χ2n) is 7.84. The van der Waals surface area contributed by atoms with Crippen LogP contribution in [0.5, 0.6) is 0 Å². The topological polar surface area (TPSA) is 117 Å². The highest BCUT2D eigenvalue weighted by Gasteiger charge is 2.19. The number of nitrogen functional groups attached to an aromatic ring is 1. The van der Waals surface area contributed by atoms with Gasteiger partial charge >= 0.3 is 0 Å². The van der Waals surface area contributed by atoms with Crippen LogP contribution in [0.3, 0.4) is 0 Å². The molecule has 9 nitrogen and oxygen atoms in total. The van der Waals surface area contributed by atoms with E-state index in [-0.39, 0.29) is 5.91 Å². The molecule has 1 aliphatic rings. The monoisotopic (exact) mass is 428 g/mol. The number of anilines is 4. The van der Waals surface area contributed by atoms with E-state index >= 15 is 0 Å². The molecule has 0 atom stereocenters. The van der Waals surface area contributed by atoms with Crippen molar-refractivity contribution in [2.24, 2.45) is 0 Å². The highest BCUT2D eigenvalue weighted by atomic mass is 16.2. The number of H-pyrrole nitrogens is 1. The van der Waals surface area contributed by atoms with Crippen molar-refractivity contribution in [2.75, 3.05) is 23.7 Å². The van der Waals surface area contributed by atoms with Crippen LogP contribution in [0.1, 0.15) is 24.8 Å². The van der Waals surface area contributed by atoms with Crippen LogP contribution in [0.25, 0.3) is 11.0 Å². The maximum absolute atomic E-state index is 12.3. The highest BCUT2D eigenvalue weighted by Crippen LogP contribution is 2.31. The van der Waals surface area contributed by atoms with Crippen LogP contribution < -0.4 is 10.6 Å². The molecule has 0 unspecified atom stereocenters. The lowest BCUT2D eigenvalue weighted by Gasteiger charge is -2.21. The Hall–Kier alpha value is -4.01. The number of carbonyl (C=O) groups is 1. The maximum Gasteiger partial charge on any atom is 0.231 e. The van der Waals surface area contributed by atoms with Gasteiger partial charge < -0.3 is 10.6 Å². The molecule has 1 fully saturated rings.